The number of hydrogen-bond donors (Lipinski definition) is 0. The molecule has 0 spiro atoms. The minimum absolute atomic E-state index is 0.358. The van der Waals surface area contributed by atoms with Crippen LogP contribution in [-0.4, -0.2) is 7.11 Å². The van der Waals surface area contributed by atoms with E-state index in [1.54, 1.807) is 0 Å². The Morgan fingerprint density at radius 3 is 1.83 bits per heavy atom. The zero-order valence-electron chi connectivity index (χ0n) is 16.5. The largest absolute Gasteiger partial charge is 0.491 e. The van der Waals surface area contributed by atoms with Crippen LogP contribution in [0.1, 0.15) is 18.9 Å². The van der Waals surface area contributed by atoms with E-state index >= 15 is 0 Å². The normalized spacial score (nSPS) is 11.0. The Balaban J connectivity index is 1.65. The molecule has 0 fully saturated rings. The Labute approximate surface area is 169 Å². The van der Waals surface area contributed by atoms with Crippen LogP contribution in [0.2, 0.25) is 0 Å². The molecule has 0 bridgehead atoms. The Morgan fingerprint density at radius 2 is 1.21 bits per heavy atom. The highest BCUT2D eigenvalue weighted by molar-refractivity contribution is 5.88. The van der Waals surface area contributed by atoms with Crippen molar-refractivity contribution in [2.24, 2.45) is 0 Å². The van der Waals surface area contributed by atoms with Crippen molar-refractivity contribution in [1.29, 1.82) is 0 Å². The molecule has 0 radical (unpaired) electrons. The number of benzene rings is 4. The molecule has 3 heteroatoms. The van der Waals surface area contributed by atoms with Crippen LogP contribution < -0.4 is 4.74 Å². The third-order valence-electron chi connectivity index (χ3n) is 5.20. The van der Waals surface area contributed by atoms with Crippen LogP contribution in [0.3, 0.4) is 0 Å². The van der Waals surface area contributed by atoms with E-state index in [0.717, 1.165) is 29.5 Å². The maximum Gasteiger partial charge on any atom is 0.190 e. The van der Waals surface area contributed by atoms with Gasteiger partial charge in [0.15, 0.2) is 17.4 Å². The van der Waals surface area contributed by atoms with E-state index < -0.39 is 11.6 Å². The van der Waals surface area contributed by atoms with E-state index in [2.05, 4.69) is 43.3 Å². The monoisotopic (exact) mass is 388 g/mol. The molecule has 4 rings (SSSR count). The van der Waals surface area contributed by atoms with Gasteiger partial charge in [-0.05, 0) is 63.2 Å². The molecule has 0 aromatic heterocycles. The topological polar surface area (TPSA) is 9.23 Å². The van der Waals surface area contributed by atoms with Crippen molar-refractivity contribution in [1.82, 2.24) is 0 Å². The maximum absolute atomic E-state index is 14.0. The molecule has 0 heterocycles. The Hall–Kier alpha value is -3.20. The summed E-state index contributed by atoms with van der Waals surface area (Å²) < 4.78 is 32.8. The van der Waals surface area contributed by atoms with E-state index in [1.807, 2.05) is 24.3 Å². The second kappa shape index (κ2) is 8.04. The molecule has 0 aliphatic heterocycles. The van der Waals surface area contributed by atoms with E-state index in [4.69, 9.17) is 4.74 Å². The standard InChI is InChI=1S/C26H22F2O/c1-3-4-17-5-6-22-14-21(12-11-20(22)13-17)18-7-9-19(10-8-18)23-15-24(27)26(29-2)25(28)16-23/h5-16H,3-4H2,1-2H3. The molecule has 0 saturated heterocycles. The first-order valence-corrected chi connectivity index (χ1v) is 9.75. The summed E-state index contributed by atoms with van der Waals surface area (Å²) >= 11 is 0. The number of rotatable bonds is 5. The highest BCUT2D eigenvalue weighted by atomic mass is 19.1. The fraction of sp³-hybridized carbons (Fsp3) is 0.154. The molecule has 0 amide bonds. The van der Waals surface area contributed by atoms with Gasteiger partial charge >= 0.3 is 0 Å². The number of hydrogen-bond acceptors (Lipinski definition) is 1. The van der Waals surface area contributed by atoms with Gasteiger partial charge in [-0.15, -0.1) is 0 Å². The van der Waals surface area contributed by atoms with Crippen molar-refractivity contribution in [3.8, 4) is 28.0 Å². The van der Waals surface area contributed by atoms with Gasteiger partial charge in [-0.25, -0.2) is 8.78 Å². The SMILES string of the molecule is CCCc1ccc2cc(-c3ccc(-c4cc(F)c(OC)c(F)c4)cc3)ccc2c1. The zero-order chi connectivity index (χ0) is 20.4. The summed E-state index contributed by atoms with van der Waals surface area (Å²) in [6, 6.07) is 23.3. The van der Waals surface area contributed by atoms with Gasteiger partial charge in [0.05, 0.1) is 7.11 Å². The fourth-order valence-electron chi connectivity index (χ4n) is 3.70. The lowest BCUT2D eigenvalue weighted by molar-refractivity contribution is 0.360. The molecule has 0 saturated carbocycles. The maximum atomic E-state index is 14.0. The van der Waals surface area contributed by atoms with Crippen LogP contribution in [0.5, 0.6) is 5.75 Å². The van der Waals surface area contributed by atoms with Gasteiger partial charge in [0.2, 0.25) is 0 Å². The summed E-state index contributed by atoms with van der Waals surface area (Å²) in [4.78, 5) is 0. The van der Waals surface area contributed by atoms with E-state index in [-0.39, 0.29) is 5.75 Å². The predicted octanol–water partition coefficient (Wildman–Crippen LogP) is 7.41. The molecule has 0 aliphatic rings. The van der Waals surface area contributed by atoms with Crippen molar-refractivity contribution in [2.75, 3.05) is 7.11 Å². The fourth-order valence-corrected chi connectivity index (χ4v) is 3.70. The van der Waals surface area contributed by atoms with Crippen molar-refractivity contribution in [3.05, 3.63) is 90.0 Å². The summed E-state index contributed by atoms with van der Waals surface area (Å²) in [5.41, 5.74) is 4.76. The van der Waals surface area contributed by atoms with Gasteiger partial charge < -0.3 is 4.74 Å². The van der Waals surface area contributed by atoms with Crippen LogP contribution in [0.25, 0.3) is 33.0 Å². The van der Waals surface area contributed by atoms with Crippen LogP contribution in [0, 0.1) is 11.6 Å². The molecular weight excluding hydrogens is 366 g/mol. The van der Waals surface area contributed by atoms with Crippen LogP contribution >= 0.6 is 0 Å². The lowest BCUT2D eigenvalue weighted by Crippen LogP contribution is -1.93. The van der Waals surface area contributed by atoms with Gasteiger partial charge in [-0.2, -0.15) is 0 Å². The van der Waals surface area contributed by atoms with E-state index in [9.17, 15) is 8.78 Å². The first kappa shape index (κ1) is 19.1. The molecular formula is C26H22F2O. The molecule has 29 heavy (non-hydrogen) atoms. The van der Waals surface area contributed by atoms with Crippen molar-refractivity contribution < 1.29 is 13.5 Å². The van der Waals surface area contributed by atoms with Gasteiger partial charge in [-0.1, -0.05) is 67.9 Å². The third-order valence-corrected chi connectivity index (χ3v) is 5.20. The summed E-state index contributed by atoms with van der Waals surface area (Å²) in [5.74, 6) is -1.77. The highest BCUT2D eigenvalue weighted by Gasteiger charge is 2.12. The minimum Gasteiger partial charge on any atom is -0.491 e. The number of aryl methyl sites for hydroxylation is 1. The van der Waals surface area contributed by atoms with Gasteiger partial charge in [0.25, 0.3) is 0 Å². The Kier molecular flexibility index (Phi) is 5.30. The number of fused-ring (bicyclic) bond motifs is 1. The second-order valence-corrected chi connectivity index (χ2v) is 7.20. The average Bonchev–Trinajstić information content (AvgIpc) is 2.73. The Morgan fingerprint density at radius 1 is 0.655 bits per heavy atom. The zero-order valence-corrected chi connectivity index (χ0v) is 16.5. The van der Waals surface area contributed by atoms with Gasteiger partial charge in [0.1, 0.15) is 0 Å². The smallest absolute Gasteiger partial charge is 0.190 e. The molecule has 1 nitrogen and oxygen atoms in total. The van der Waals surface area contributed by atoms with Gasteiger partial charge in [-0.3, -0.25) is 0 Å². The Bertz CT molecular complexity index is 1140. The summed E-state index contributed by atoms with van der Waals surface area (Å²) in [5, 5.41) is 2.44. The van der Waals surface area contributed by atoms with Crippen LogP contribution in [0.4, 0.5) is 8.78 Å². The molecule has 0 aliphatic carbocycles. The van der Waals surface area contributed by atoms with Crippen LogP contribution in [-0.2, 0) is 6.42 Å². The van der Waals surface area contributed by atoms with Crippen molar-refractivity contribution in [2.45, 2.75) is 19.8 Å². The molecule has 0 unspecified atom stereocenters. The van der Waals surface area contributed by atoms with E-state index in [1.165, 1.54) is 35.6 Å². The lowest BCUT2D eigenvalue weighted by atomic mass is 9.97. The first-order chi connectivity index (χ1) is 14.1. The highest BCUT2D eigenvalue weighted by Crippen LogP contribution is 2.31. The predicted molar refractivity (Wildman–Crippen MR) is 115 cm³/mol. The lowest BCUT2D eigenvalue weighted by Gasteiger charge is -2.09. The molecule has 0 atom stereocenters. The number of halogens is 2. The van der Waals surface area contributed by atoms with Crippen molar-refractivity contribution in [3.63, 3.8) is 0 Å². The molecule has 146 valence electrons. The summed E-state index contributed by atoms with van der Waals surface area (Å²) in [6.07, 6.45) is 2.23. The van der Waals surface area contributed by atoms with Gasteiger partial charge in [0, 0.05) is 0 Å². The van der Waals surface area contributed by atoms with Crippen molar-refractivity contribution >= 4 is 10.8 Å². The molecule has 0 N–H and O–H groups in total. The summed E-state index contributed by atoms with van der Waals surface area (Å²) in [7, 11) is 1.25. The quantitative estimate of drug-likeness (QED) is 0.346. The average molecular weight is 388 g/mol. The van der Waals surface area contributed by atoms with E-state index in [0.29, 0.717) is 5.56 Å². The molecule has 4 aromatic rings. The first-order valence-electron chi connectivity index (χ1n) is 9.75. The number of methoxy groups -OCH3 is 1. The second-order valence-electron chi connectivity index (χ2n) is 7.20. The van der Waals surface area contributed by atoms with Crippen LogP contribution in [0.15, 0.2) is 72.8 Å². The summed E-state index contributed by atoms with van der Waals surface area (Å²) in [6.45, 7) is 2.19. The third kappa shape index (κ3) is 3.86. The molecule has 4 aromatic carbocycles. The number of ether oxygens (including phenoxy) is 1. The minimum atomic E-state index is -0.705.